The summed E-state index contributed by atoms with van der Waals surface area (Å²) in [6, 6.07) is 3.38. The molecule has 2 atom stereocenters. The van der Waals surface area contributed by atoms with Gasteiger partial charge in [0.05, 0.1) is 13.3 Å². The fourth-order valence-electron chi connectivity index (χ4n) is 2.55. The lowest BCUT2D eigenvalue weighted by Gasteiger charge is -2.32. The average molecular weight is 280 g/mol. The van der Waals surface area contributed by atoms with E-state index in [9.17, 15) is 8.78 Å². The number of halogens is 2. The van der Waals surface area contributed by atoms with Gasteiger partial charge in [-0.1, -0.05) is 6.07 Å². The first-order valence-corrected chi connectivity index (χ1v) is 6.27. The molecule has 0 bridgehead atoms. The summed E-state index contributed by atoms with van der Waals surface area (Å²) in [7, 11) is 0. The molecule has 0 unspecified atom stereocenters. The molecule has 0 amide bonds. The lowest BCUT2D eigenvalue weighted by atomic mass is 9.87. The molecular formula is C13H14F2N4O. The van der Waals surface area contributed by atoms with E-state index in [0.717, 1.165) is 6.07 Å². The van der Waals surface area contributed by atoms with Gasteiger partial charge in [0.15, 0.2) is 0 Å². The molecule has 2 heterocycles. The summed E-state index contributed by atoms with van der Waals surface area (Å²) in [6.07, 6.45) is 2.94. The van der Waals surface area contributed by atoms with E-state index >= 15 is 0 Å². The van der Waals surface area contributed by atoms with Crippen molar-refractivity contribution in [3.63, 3.8) is 0 Å². The molecule has 1 aromatic heterocycles. The molecule has 5 nitrogen and oxygen atoms in total. The number of ether oxygens (including phenoxy) is 1. The fraction of sp³-hybridized carbons (Fsp3) is 0.385. The third-order valence-electron chi connectivity index (χ3n) is 3.67. The van der Waals surface area contributed by atoms with Crippen LogP contribution in [0.5, 0.6) is 0 Å². The van der Waals surface area contributed by atoms with Gasteiger partial charge in [0.1, 0.15) is 29.9 Å². The highest BCUT2D eigenvalue weighted by Crippen LogP contribution is 2.36. The summed E-state index contributed by atoms with van der Waals surface area (Å²) < 4.78 is 34.6. The molecule has 1 saturated heterocycles. The van der Waals surface area contributed by atoms with Crippen molar-refractivity contribution in [3.05, 3.63) is 48.1 Å². The third kappa shape index (κ3) is 2.08. The van der Waals surface area contributed by atoms with Crippen molar-refractivity contribution in [2.45, 2.75) is 25.1 Å². The number of nitrogens with one attached hydrogen (secondary N) is 1. The van der Waals surface area contributed by atoms with E-state index in [1.165, 1.54) is 24.8 Å². The molecule has 1 N–H and O–H groups in total. The number of benzene rings is 1. The Bertz CT molecular complexity index is 604. The monoisotopic (exact) mass is 280 g/mol. The van der Waals surface area contributed by atoms with Crippen LogP contribution in [0, 0.1) is 11.6 Å². The van der Waals surface area contributed by atoms with E-state index in [0.29, 0.717) is 18.8 Å². The van der Waals surface area contributed by atoms with Gasteiger partial charge in [0.2, 0.25) is 0 Å². The molecule has 0 spiro atoms. The van der Waals surface area contributed by atoms with E-state index in [1.54, 1.807) is 4.68 Å². The molecule has 3 rings (SSSR count). The highest BCUT2D eigenvalue weighted by Gasteiger charge is 2.45. The molecule has 0 saturated carbocycles. The highest BCUT2D eigenvalue weighted by molar-refractivity contribution is 5.28. The van der Waals surface area contributed by atoms with Gasteiger partial charge in [-0.2, -0.15) is 5.10 Å². The van der Waals surface area contributed by atoms with Crippen LogP contribution in [0.15, 0.2) is 30.9 Å². The molecule has 20 heavy (non-hydrogen) atoms. The van der Waals surface area contributed by atoms with Crippen LogP contribution >= 0.6 is 0 Å². The molecular weight excluding hydrogens is 266 g/mol. The Hall–Kier alpha value is -1.86. The lowest BCUT2D eigenvalue weighted by Crippen LogP contribution is -2.43. The minimum atomic E-state index is -0.939. The summed E-state index contributed by atoms with van der Waals surface area (Å²) in [5.74, 6) is -1.23. The zero-order valence-corrected chi connectivity index (χ0v) is 10.9. The van der Waals surface area contributed by atoms with Crippen molar-refractivity contribution < 1.29 is 13.5 Å². The smallest absolute Gasteiger partial charge is 0.137 e. The van der Waals surface area contributed by atoms with Gasteiger partial charge in [-0.3, -0.25) is 5.32 Å². The summed E-state index contributed by atoms with van der Waals surface area (Å²) >= 11 is 0. The summed E-state index contributed by atoms with van der Waals surface area (Å²) in [5, 5.41) is 7.15. The predicted molar refractivity (Wildman–Crippen MR) is 66.6 cm³/mol. The summed E-state index contributed by atoms with van der Waals surface area (Å²) in [6.45, 7) is 2.49. The first-order valence-electron chi connectivity index (χ1n) is 6.27. The Morgan fingerprint density at radius 2 is 2.35 bits per heavy atom. The zero-order valence-electron chi connectivity index (χ0n) is 10.9. The largest absolute Gasteiger partial charge is 0.351 e. The first-order chi connectivity index (χ1) is 9.62. The Balaban J connectivity index is 2.06. The molecule has 1 aliphatic heterocycles. The van der Waals surface area contributed by atoms with E-state index < -0.39 is 17.2 Å². The zero-order chi connectivity index (χ0) is 14.2. The summed E-state index contributed by atoms with van der Waals surface area (Å²) in [4.78, 5) is 3.87. The topological polar surface area (TPSA) is 52.0 Å². The van der Waals surface area contributed by atoms with Crippen LogP contribution in [0.1, 0.15) is 12.5 Å². The number of rotatable bonds is 3. The minimum Gasteiger partial charge on any atom is -0.351 e. The van der Waals surface area contributed by atoms with Gasteiger partial charge in [0.25, 0.3) is 0 Å². The minimum absolute atomic E-state index is 0.147. The quantitative estimate of drug-likeness (QED) is 0.924. The van der Waals surface area contributed by atoms with Crippen molar-refractivity contribution in [2.75, 3.05) is 6.73 Å². The SMILES string of the molecule is C[C@@H]1NCO[C@@]1(Cn1cncn1)c1ccc(F)cc1F. The second-order valence-corrected chi connectivity index (χ2v) is 4.82. The van der Waals surface area contributed by atoms with Gasteiger partial charge in [-0.15, -0.1) is 0 Å². The second-order valence-electron chi connectivity index (χ2n) is 4.82. The second kappa shape index (κ2) is 4.92. The van der Waals surface area contributed by atoms with Crippen molar-refractivity contribution in [1.29, 1.82) is 0 Å². The Kier molecular flexibility index (Phi) is 3.23. The van der Waals surface area contributed by atoms with Crippen molar-refractivity contribution in [3.8, 4) is 0 Å². The molecule has 1 fully saturated rings. The van der Waals surface area contributed by atoms with E-state index in [-0.39, 0.29) is 6.04 Å². The van der Waals surface area contributed by atoms with Crippen molar-refractivity contribution in [1.82, 2.24) is 20.1 Å². The van der Waals surface area contributed by atoms with Crippen LogP contribution in [0.2, 0.25) is 0 Å². The van der Waals surface area contributed by atoms with Crippen LogP contribution in [-0.4, -0.2) is 27.5 Å². The van der Waals surface area contributed by atoms with Gasteiger partial charge in [-0.05, 0) is 13.0 Å². The first kappa shape index (κ1) is 13.1. The van der Waals surface area contributed by atoms with E-state index in [2.05, 4.69) is 15.4 Å². The number of hydrogen-bond acceptors (Lipinski definition) is 4. The van der Waals surface area contributed by atoms with Crippen LogP contribution in [0.3, 0.4) is 0 Å². The predicted octanol–water partition coefficient (Wildman–Crippen LogP) is 1.42. The van der Waals surface area contributed by atoms with Crippen LogP contribution in [-0.2, 0) is 16.9 Å². The molecule has 1 aliphatic rings. The normalized spacial score (nSPS) is 26.1. The van der Waals surface area contributed by atoms with E-state index in [1.807, 2.05) is 6.92 Å². The van der Waals surface area contributed by atoms with Crippen LogP contribution in [0.4, 0.5) is 8.78 Å². The maximum atomic E-state index is 14.2. The van der Waals surface area contributed by atoms with Gasteiger partial charge in [0, 0.05) is 17.7 Å². The molecule has 106 valence electrons. The molecule has 0 aliphatic carbocycles. The number of hydrogen-bond donors (Lipinski definition) is 1. The Morgan fingerprint density at radius 3 is 2.95 bits per heavy atom. The maximum Gasteiger partial charge on any atom is 0.137 e. The average Bonchev–Trinajstić information content (AvgIpc) is 3.01. The van der Waals surface area contributed by atoms with Crippen molar-refractivity contribution >= 4 is 0 Å². The summed E-state index contributed by atoms with van der Waals surface area (Å²) in [5.41, 5.74) is -0.627. The fourth-order valence-corrected chi connectivity index (χ4v) is 2.55. The van der Waals surface area contributed by atoms with Crippen LogP contribution < -0.4 is 5.32 Å². The molecule has 1 aromatic carbocycles. The van der Waals surface area contributed by atoms with Gasteiger partial charge >= 0.3 is 0 Å². The molecule has 0 radical (unpaired) electrons. The van der Waals surface area contributed by atoms with Crippen LogP contribution in [0.25, 0.3) is 0 Å². The molecule has 7 heteroatoms. The maximum absolute atomic E-state index is 14.2. The number of nitrogens with zero attached hydrogens (tertiary/aromatic N) is 3. The third-order valence-corrected chi connectivity index (χ3v) is 3.67. The lowest BCUT2D eigenvalue weighted by molar-refractivity contribution is -0.0267. The Labute approximate surface area is 114 Å². The Morgan fingerprint density at radius 1 is 1.50 bits per heavy atom. The van der Waals surface area contributed by atoms with Crippen molar-refractivity contribution in [2.24, 2.45) is 0 Å². The number of aromatic nitrogens is 3. The highest BCUT2D eigenvalue weighted by atomic mass is 19.1. The molecule has 2 aromatic rings. The van der Waals surface area contributed by atoms with E-state index in [4.69, 9.17) is 4.74 Å². The standard InChI is InChI=1S/C13H14F2N4O/c1-9-13(20-8-17-9,5-19-7-16-6-18-19)11-3-2-10(14)4-12(11)15/h2-4,6-7,9,17H,5,8H2,1H3/t9-,13+/m0/s1. The van der Waals surface area contributed by atoms with Gasteiger partial charge < -0.3 is 4.74 Å². The van der Waals surface area contributed by atoms with Gasteiger partial charge in [-0.25, -0.2) is 18.4 Å².